The molecule has 35 heavy (non-hydrogen) atoms. The highest BCUT2D eigenvalue weighted by atomic mass is 16.6. The van der Waals surface area contributed by atoms with Crippen molar-refractivity contribution in [2.24, 2.45) is 0 Å². The van der Waals surface area contributed by atoms with Gasteiger partial charge in [0, 0.05) is 0 Å². The molecule has 0 saturated carbocycles. The molecule has 0 bridgehead atoms. The maximum atomic E-state index is 10.8. The molecule has 5 rings (SSSR count). The minimum atomic E-state index is -1.44. The van der Waals surface area contributed by atoms with E-state index in [2.05, 4.69) is 6.92 Å². The van der Waals surface area contributed by atoms with Crippen molar-refractivity contribution in [1.82, 2.24) is 0 Å². The van der Waals surface area contributed by atoms with Crippen LogP contribution in [0.15, 0.2) is 60.7 Å². The highest BCUT2D eigenvalue weighted by Crippen LogP contribution is 2.38. The first-order valence-corrected chi connectivity index (χ1v) is 11.8. The second-order valence-corrected chi connectivity index (χ2v) is 9.12. The molecule has 1 saturated heterocycles. The molecule has 184 valence electrons. The lowest BCUT2D eigenvalue weighted by atomic mass is 9.85. The van der Waals surface area contributed by atoms with Gasteiger partial charge in [-0.2, -0.15) is 0 Å². The molecular formula is C28H30O7. The van der Waals surface area contributed by atoms with Gasteiger partial charge in [-0.1, -0.05) is 42.5 Å². The van der Waals surface area contributed by atoms with Gasteiger partial charge in [0.25, 0.3) is 0 Å². The number of aliphatic hydroxyl groups is 4. The summed E-state index contributed by atoms with van der Waals surface area (Å²) in [6.07, 6.45) is -5.46. The molecule has 2 aliphatic rings. The Bertz CT molecular complexity index is 1180. The number of rotatable bonds is 5. The average molecular weight is 479 g/mol. The van der Waals surface area contributed by atoms with Crippen LogP contribution in [0, 0.1) is 6.92 Å². The molecule has 0 radical (unpaired) electrons. The minimum absolute atomic E-state index is 0.469. The van der Waals surface area contributed by atoms with E-state index in [1.54, 1.807) is 0 Å². The zero-order chi connectivity index (χ0) is 24.5. The van der Waals surface area contributed by atoms with Gasteiger partial charge in [-0.25, -0.2) is 0 Å². The number of hydrogen-bond acceptors (Lipinski definition) is 7. The van der Waals surface area contributed by atoms with Crippen LogP contribution in [0.2, 0.25) is 0 Å². The summed E-state index contributed by atoms with van der Waals surface area (Å²) in [5, 5.41) is 41.0. The predicted molar refractivity (Wildman–Crippen MR) is 130 cm³/mol. The van der Waals surface area contributed by atoms with Crippen molar-refractivity contribution in [2.45, 2.75) is 43.9 Å². The highest BCUT2D eigenvalue weighted by Gasteiger charge is 2.44. The molecule has 3 aromatic carbocycles. The van der Waals surface area contributed by atoms with Crippen LogP contribution >= 0.6 is 0 Å². The summed E-state index contributed by atoms with van der Waals surface area (Å²) in [4.78, 5) is 0. The van der Waals surface area contributed by atoms with Gasteiger partial charge in [0.15, 0.2) is 11.5 Å². The largest absolute Gasteiger partial charge is 0.486 e. The van der Waals surface area contributed by atoms with Crippen molar-refractivity contribution in [3.05, 3.63) is 82.9 Å². The molecule has 7 heteroatoms. The second-order valence-electron chi connectivity index (χ2n) is 9.12. The van der Waals surface area contributed by atoms with Crippen LogP contribution in [-0.4, -0.2) is 64.7 Å². The Morgan fingerprint density at radius 1 is 0.829 bits per heavy atom. The summed E-state index contributed by atoms with van der Waals surface area (Å²) in [6.45, 7) is 2.64. The third-order valence-corrected chi connectivity index (χ3v) is 6.84. The molecule has 2 aliphatic heterocycles. The fraction of sp³-hybridized carbons (Fsp3) is 0.357. The minimum Gasteiger partial charge on any atom is -0.486 e. The fourth-order valence-corrected chi connectivity index (χ4v) is 4.86. The molecule has 0 spiro atoms. The Balaban J connectivity index is 1.57. The van der Waals surface area contributed by atoms with E-state index < -0.39 is 37.1 Å². The van der Waals surface area contributed by atoms with Crippen molar-refractivity contribution in [1.29, 1.82) is 0 Å². The first-order valence-electron chi connectivity index (χ1n) is 11.8. The fourth-order valence-electron chi connectivity index (χ4n) is 4.86. The zero-order valence-corrected chi connectivity index (χ0v) is 19.5. The van der Waals surface area contributed by atoms with E-state index in [1.165, 1.54) is 0 Å². The molecular weight excluding hydrogens is 448 g/mol. The van der Waals surface area contributed by atoms with Crippen LogP contribution in [-0.2, 0) is 11.2 Å². The van der Waals surface area contributed by atoms with E-state index in [9.17, 15) is 20.4 Å². The number of ether oxygens (including phenoxy) is 3. The Morgan fingerprint density at radius 3 is 2.31 bits per heavy atom. The summed E-state index contributed by atoms with van der Waals surface area (Å²) in [5.41, 5.74) is 5.81. The first kappa shape index (κ1) is 23.8. The Morgan fingerprint density at radius 2 is 1.57 bits per heavy atom. The number of fused-ring (bicyclic) bond motifs is 1. The van der Waals surface area contributed by atoms with Crippen molar-refractivity contribution >= 4 is 0 Å². The van der Waals surface area contributed by atoms with Crippen molar-refractivity contribution in [3.8, 4) is 22.6 Å². The third-order valence-electron chi connectivity index (χ3n) is 6.84. The van der Waals surface area contributed by atoms with Crippen LogP contribution in [0.25, 0.3) is 11.1 Å². The Hall–Kier alpha value is -2.94. The third kappa shape index (κ3) is 4.66. The van der Waals surface area contributed by atoms with Crippen molar-refractivity contribution in [3.63, 3.8) is 0 Å². The van der Waals surface area contributed by atoms with E-state index in [0.717, 1.165) is 39.3 Å². The number of hydrogen-bond donors (Lipinski definition) is 4. The summed E-state index contributed by atoms with van der Waals surface area (Å²) in [5.74, 6) is 1.46. The average Bonchev–Trinajstić information content (AvgIpc) is 2.89. The van der Waals surface area contributed by atoms with Crippen LogP contribution in [0.3, 0.4) is 0 Å². The predicted octanol–water partition coefficient (Wildman–Crippen LogP) is 2.54. The van der Waals surface area contributed by atoms with Crippen molar-refractivity contribution < 1.29 is 34.6 Å². The maximum absolute atomic E-state index is 10.8. The lowest BCUT2D eigenvalue weighted by molar-refractivity contribution is -0.231. The number of aliphatic hydroxyl groups excluding tert-OH is 4. The van der Waals surface area contributed by atoms with Crippen LogP contribution in [0.4, 0.5) is 0 Å². The Kier molecular flexibility index (Phi) is 6.77. The van der Waals surface area contributed by atoms with E-state index in [1.807, 2.05) is 60.7 Å². The molecule has 3 aromatic rings. The lowest BCUT2D eigenvalue weighted by Gasteiger charge is -2.40. The molecule has 0 aromatic heterocycles. The quantitative estimate of drug-likeness (QED) is 0.446. The molecule has 5 atom stereocenters. The topological polar surface area (TPSA) is 109 Å². The highest BCUT2D eigenvalue weighted by molar-refractivity contribution is 5.70. The van der Waals surface area contributed by atoms with E-state index >= 15 is 0 Å². The summed E-state index contributed by atoms with van der Waals surface area (Å²) >= 11 is 0. The summed E-state index contributed by atoms with van der Waals surface area (Å²) in [7, 11) is 0. The van der Waals surface area contributed by atoms with E-state index in [4.69, 9.17) is 14.2 Å². The smallest absolute Gasteiger partial charge is 0.161 e. The normalized spacial score (nSPS) is 25.9. The molecule has 7 nitrogen and oxygen atoms in total. The van der Waals surface area contributed by atoms with Crippen molar-refractivity contribution in [2.75, 3.05) is 19.8 Å². The van der Waals surface area contributed by atoms with E-state index in [0.29, 0.717) is 25.2 Å². The van der Waals surface area contributed by atoms with Gasteiger partial charge in [0.1, 0.15) is 43.7 Å². The lowest BCUT2D eigenvalue weighted by Crippen LogP contribution is -2.55. The standard InChI is InChI=1S/C28H30O7/c1-16-19(11-17-7-8-22-23(12-17)34-10-9-33-22)13-20(14-21(16)18-5-3-2-4-6-18)28-27(32)26(31)25(30)24(15-29)35-28/h2-8,12-14,24-32H,9-11,15H2,1H3. The monoisotopic (exact) mass is 478 g/mol. The SMILES string of the molecule is Cc1c(Cc2ccc3c(c2)OCCO3)cc(C2OC(CO)C(O)C(O)C2O)cc1-c1ccccc1. The first-order chi connectivity index (χ1) is 17.0. The summed E-state index contributed by atoms with van der Waals surface area (Å²) < 4.78 is 17.3. The molecule has 1 fully saturated rings. The van der Waals surface area contributed by atoms with Gasteiger partial charge in [0.2, 0.25) is 0 Å². The molecule has 4 N–H and O–H groups in total. The second kappa shape index (κ2) is 9.97. The van der Waals surface area contributed by atoms with Gasteiger partial charge in [-0.05, 0) is 64.9 Å². The van der Waals surface area contributed by atoms with Gasteiger partial charge in [-0.15, -0.1) is 0 Å². The molecule has 0 amide bonds. The van der Waals surface area contributed by atoms with Crippen LogP contribution in [0.5, 0.6) is 11.5 Å². The van der Waals surface area contributed by atoms with E-state index in [-0.39, 0.29) is 0 Å². The van der Waals surface area contributed by atoms with Gasteiger partial charge >= 0.3 is 0 Å². The van der Waals surface area contributed by atoms with Gasteiger partial charge in [-0.3, -0.25) is 0 Å². The molecule has 5 unspecified atom stereocenters. The van der Waals surface area contributed by atoms with Crippen LogP contribution < -0.4 is 9.47 Å². The molecule has 2 heterocycles. The van der Waals surface area contributed by atoms with Gasteiger partial charge in [0.05, 0.1) is 6.61 Å². The zero-order valence-electron chi connectivity index (χ0n) is 19.5. The van der Waals surface area contributed by atoms with Gasteiger partial charge < -0.3 is 34.6 Å². The maximum Gasteiger partial charge on any atom is 0.161 e. The number of benzene rings is 3. The summed E-state index contributed by atoms with van der Waals surface area (Å²) in [6, 6.07) is 19.8. The van der Waals surface area contributed by atoms with Crippen LogP contribution in [0.1, 0.15) is 28.4 Å². The Labute approximate surface area is 204 Å². The molecule has 0 aliphatic carbocycles.